The van der Waals surface area contributed by atoms with Crippen molar-refractivity contribution in [3.63, 3.8) is 0 Å². The summed E-state index contributed by atoms with van der Waals surface area (Å²) in [4.78, 5) is 9.44. The van der Waals surface area contributed by atoms with E-state index in [0.717, 1.165) is 22.7 Å². The standard InChI is InChI=1S/C25H29N2O2/c1-14-9-16(3)21-18(11-14)19-12-15(2)10-17(4)22(19)29(21)20-13-26-24(25(5,6)7)27-23(20)28-8/h9-13H,1-8H3/q+1. The van der Waals surface area contributed by atoms with Crippen molar-refractivity contribution in [1.82, 2.24) is 9.97 Å². The van der Waals surface area contributed by atoms with E-state index in [4.69, 9.17) is 9.72 Å². The summed E-state index contributed by atoms with van der Waals surface area (Å²) in [6.45, 7) is 14.9. The lowest BCUT2D eigenvalue weighted by Crippen LogP contribution is -2.16. The number of hydrogen-bond donors (Lipinski definition) is 0. The molecule has 0 fully saturated rings. The number of benzene rings is 2. The maximum Gasteiger partial charge on any atom is 0.349 e. The SMILES string of the molecule is COc1nc(C(C)(C)C)ncc1-[o+]1c2c(C)cc(C)cc2c2cc(C)cc(C)c21. The minimum absolute atomic E-state index is 0.155. The first-order valence-electron chi connectivity index (χ1n) is 10.0. The largest absolute Gasteiger partial charge is 0.493 e. The van der Waals surface area contributed by atoms with E-state index in [1.807, 2.05) is 6.20 Å². The van der Waals surface area contributed by atoms with Gasteiger partial charge in [-0.15, -0.1) is 0 Å². The van der Waals surface area contributed by atoms with Gasteiger partial charge in [0.05, 0.1) is 17.9 Å². The van der Waals surface area contributed by atoms with E-state index in [2.05, 4.69) is 81.8 Å². The smallest absolute Gasteiger partial charge is 0.349 e. The second kappa shape index (κ2) is 6.58. The Morgan fingerprint density at radius 2 is 1.34 bits per heavy atom. The van der Waals surface area contributed by atoms with Gasteiger partial charge >= 0.3 is 11.6 Å². The predicted molar refractivity (Wildman–Crippen MR) is 119 cm³/mol. The Labute approximate surface area is 172 Å². The van der Waals surface area contributed by atoms with Gasteiger partial charge in [-0.3, -0.25) is 0 Å². The van der Waals surface area contributed by atoms with Crippen LogP contribution in [0.4, 0.5) is 0 Å². The molecule has 0 amide bonds. The van der Waals surface area contributed by atoms with Crippen LogP contribution in [0.5, 0.6) is 5.88 Å². The van der Waals surface area contributed by atoms with Crippen molar-refractivity contribution in [3.8, 4) is 11.6 Å². The van der Waals surface area contributed by atoms with Gasteiger partial charge in [0.1, 0.15) is 12.0 Å². The number of aromatic nitrogens is 2. The highest BCUT2D eigenvalue weighted by Gasteiger charge is 2.30. The lowest BCUT2D eigenvalue weighted by atomic mass is 9.96. The molecule has 0 aliphatic heterocycles. The molecule has 29 heavy (non-hydrogen) atoms. The molecule has 4 rings (SSSR count). The Morgan fingerprint density at radius 3 is 1.79 bits per heavy atom. The monoisotopic (exact) mass is 389 g/mol. The van der Waals surface area contributed by atoms with Crippen LogP contribution in [-0.4, -0.2) is 17.1 Å². The van der Waals surface area contributed by atoms with Gasteiger partial charge < -0.3 is 8.78 Å². The van der Waals surface area contributed by atoms with Crippen molar-refractivity contribution in [1.29, 1.82) is 0 Å². The van der Waals surface area contributed by atoms with Gasteiger partial charge in [-0.25, -0.2) is 4.98 Å². The molecular formula is C25H29N2O2+. The van der Waals surface area contributed by atoms with Crippen molar-refractivity contribution in [2.75, 3.05) is 7.11 Å². The zero-order valence-corrected chi connectivity index (χ0v) is 18.6. The number of rotatable bonds is 2. The Hall–Kier alpha value is -2.88. The maximum atomic E-state index is 5.74. The second-order valence-electron chi connectivity index (χ2n) is 9.04. The zero-order chi connectivity index (χ0) is 21.1. The molecule has 0 saturated heterocycles. The highest BCUT2D eigenvalue weighted by atomic mass is 16.6. The summed E-state index contributed by atoms with van der Waals surface area (Å²) in [5.41, 5.74) is 6.94. The number of nitrogens with zero attached hydrogens (tertiary/aromatic N) is 2. The van der Waals surface area contributed by atoms with E-state index in [1.165, 1.54) is 33.0 Å². The summed E-state index contributed by atoms with van der Waals surface area (Å²) in [7, 11) is 1.67. The van der Waals surface area contributed by atoms with Gasteiger partial charge in [-0.05, 0) is 63.1 Å². The highest BCUT2D eigenvalue weighted by Crippen LogP contribution is 2.44. The molecule has 0 unspecified atom stereocenters. The molecule has 2 aromatic carbocycles. The molecule has 150 valence electrons. The van der Waals surface area contributed by atoms with Gasteiger partial charge in [0.15, 0.2) is 0 Å². The third-order valence-corrected chi connectivity index (χ3v) is 5.34. The topological polar surface area (TPSA) is 37.7 Å². The fourth-order valence-electron chi connectivity index (χ4n) is 4.18. The Bertz CT molecular complexity index is 1190. The number of fused-ring (bicyclic) bond motifs is 3. The van der Waals surface area contributed by atoms with Crippen LogP contribution in [0.3, 0.4) is 0 Å². The van der Waals surface area contributed by atoms with E-state index in [-0.39, 0.29) is 5.41 Å². The number of furan rings is 1. The minimum Gasteiger partial charge on any atom is -0.493 e. The number of hydrogen-bond acceptors (Lipinski definition) is 3. The predicted octanol–water partition coefficient (Wildman–Crippen LogP) is 6.59. The molecule has 0 radical (unpaired) electrons. The van der Waals surface area contributed by atoms with Gasteiger partial charge in [0.2, 0.25) is 0 Å². The Balaban J connectivity index is 2.19. The fraction of sp³-hybridized carbons (Fsp3) is 0.360. The first-order chi connectivity index (χ1) is 13.6. The fourth-order valence-corrected chi connectivity index (χ4v) is 4.18. The third kappa shape index (κ3) is 3.07. The van der Waals surface area contributed by atoms with Gasteiger partial charge in [-0.2, -0.15) is 4.98 Å². The summed E-state index contributed by atoms with van der Waals surface area (Å²) in [5, 5.41) is 2.44. The lowest BCUT2D eigenvalue weighted by Gasteiger charge is -2.17. The van der Waals surface area contributed by atoms with Crippen molar-refractivity contribution in [2.45, 2.75) is 53.9 Å². The van der Waals surface area contributed by atoms with Crippen molar-refractivity contribution in [3.05, 3.63) is 58.5 Å². The zero-order valence-electron chi connectivity index (χ0n) is 18.6. The third-order valence-electron chi connectivity index (χ3n) is 5.34. The second-order valence-corrected chi connectivity index (χ2v) is 9.04. The first kappa shape index (κ1) is 19.4. The lowest BCUT2D eigenvalue weighted by molar-refractivity contribution is 0.317. The Morgan fingerprint density at radius 1 is 0.828 bits per heavy atom. The summed E-state index contributed by atoms with van der Waals surface area (Å²) >= 11 is 0. The van der Waals surface area contributed by atoms with Gasteiger partial charge in [-0.1, -0.05) is 20.8 Å². The van der Waals surface area contributed by atoms with Crippen LogP contribution in [-0.2, 0) is 5.41 Å². The first-order valence-corrected chi connectivity index (χ1v) is 10.0. The maximum absolute atomic E-state index is 5.74. The van der Waals surface area contributed by atoms with E-state index in [9.17, 15) is 0 Å². The summed E-state index contributed by atoms with van der Waals surface area (Å²) in [5.74, 6) is 2.12. The molecule has 0 aliphatic carbocycles. The number of ether oxygens (including phenoxy) is 1. The van der Waals surface area contributed by atoms with Crippen LogP contribution >= 0.6 is 0 Å². The molecule has 0 saturated carbocycles. The van der Waals surface area contributed by atoms with Crippen LogP contribution < -0.4 is 4.74 Å². The molecule has 4 heteroatoms. The van der Waals surface area contributed by atoms with Gasteiger partial charge in [0, 0.05) is 16.5 Å². The van der Waals surface area contributed by atoms with Crippen molar-refractivity contribution in [2.24, 2.45) is 0 Å². The molecule has 2 heterocycles. The van der Waals surface area contributed by atoms with E-state index in [0.29, 0.717) is 5.88 Å². The van der Waals surface area contributed by atoms with Crippen LogP contribution in [0.2, 0.25) is 0 Å². The molecule has 4 aromatic rings. The average molecular weight is 390 g/mol. The van der Waals surface area contributed by atoms with E-state index < -0.39 is 0 Å². The summed E-state index contributed by atoms with van der Waals surface area (Å²) in [6.07, 6.45) is 1.87. The number of methoxy groups -OCH3 is 1. The number of aryl methyl sites for hydroxylation is 4. The summed E-state index contributed by atoms with van der Waals surface area (Å²) < 4.78 is 9.11. The summed E-state index contributed by atoms with van der Waals surface area (Å²) in [6, 6.07) is 8.93. The van der Waals surface area contributed by atoms with Crippen LogP contribution in [0.15, 0.2) is 34.5 Å². The van der Waals surface area contributed by atoms with Crippen molar-refractivity contribution >= 4 is 21.9 Å². The van der Waals surface area contributed by atoms with E-state index in [1.54, 1.807) is 7.11 Å². The molecule has 0 N–H and O–H groups in total. The van der Waals surface area contributed by atoms with Crippen molar-refractivity contribution < 1.29 is 8.78 Å². The minimum atomic E-state index is -0.155. The molecule has 0 bridgehead atoms. The van der Waals surface area contributed by atoms with Crippen LogP contribution in [0.25, 0.3) is 27.7 Å². The molecular weight excluding hydrogens is 360 g/mol. The molecule has 0 spiro atoms. The normalized spacial score (nSPS) is 12.1. The molecule has 4 nitrogen and oxygen atoms in total. The Kier molecular flexibility index (Phi) is 4.41. The average Bonchev–Trinajstić information content (AvgIpc) is 2.95. The highest BCUT2D eigenvalue weighted by molar-refractivity contribution is 6.08. The van der Waals surface area contributed by atoms with Crippen LogP contribution in [0.1, 0.15) is 48.8 Å². The van der Waals surface area contributed by atoms with Crippen LogP contribution in [0, 0.1) is 27.7 Å². The molecule has 0 atom stereocenters. The van der Waals surface area contributed by atoms with Gasteiger partial charge in [0.25, 0.3) is 11.2 Å². The quantitative estimate of drug-likeness (QED) is 0.363. The van der Waals surface area contributed by atoms with E-state index >= 15 is 0 Å². The molecule has 0 aliphatic rings. The molecule has 2 aromatic heterocycles.